The summed E-state index contributed by atoms with van der Waals surface area (Å²) in [5.74, 6) is -0.630. The van der Waals surface area contributed by atoms with Gasteiger partial charge in [-0.2, -0.15) is 0 Å². The first-order valence-corrected chi connectivity index (χ1v) is 7.13. The Balaban J connectivity index is 1.67. The van der Waals surface area contributed by atoms with Gasteiger partial charge in [0.15, 0.2) is 0 Å². The van der Waals surface area contributed by atoms with Crippen LogP contribution < -0.4 is 10.9 Å². The minimum Gasteiger partial charge on any atom is -0.464 e. The van der Waals surface area contributed by atoms with Gasteiger partial charge >= 0.3 is 0 Å². The van der Waals surface area contributed by atoms with Crippen LogP contribution in [0.25, 0.3) is 11.0 Å². The number of carbonyl (C=O) groups is 1. The van der Waals surface area contributed by atoms with E-state index in [1.54, 1.807) is 31.2 Å². The van der Waals surface area contributed by atoms with Gasteiger partial charge in [-0.25, -0.2) is 4.39 Å². The van der Waals surface area contributed by atoms with E-state index in [4.69, 9.17) is 4.42 Å². The van der Waals surface area contributed by atoms with E-state index in [1.165, 1.54) is 23.1 Å². The molecular formula is C17H15FN2O3. The van der Waals surface area contributed by atoms with Crippen molar-refractivity contribution in [3.63, 3.8) is 0 Å². The molecule has 0 radical (unpaired) electrons. The molecule has 0 atom stereocenters. The first-order valence-electron chi connectivity index (χ1n) is 7.13. The fourth-order valence-electron chi connectivity index (χ4n) is 2.29. The van der Waals surface area contributed by atoms with E-state index in [-0.39, 0.29) is 30.4 Å². The molecule has 23 heavy (non-hydrogen) atoms. The first-order chi connectivity index (χ1) is 11.0. The molecule has 0 saturated heterocycles. The molecular weight excluding hydrogens is 299 g/mol. The summed E-state index contributed by atoms with van der Waals surface area (Å²) in [6, 6.07) is 8.01. The smallest absolute Gasteiger partial charge is 0.262 e. The van der Waals surface area contributed by atoms with Crippen molar-refractivity contribution in [2.75, 3.05) is 0 Å². The molecule has 118 valence electrons. The van der Waals surface area contributed by atoms with Gasteiger partial charge in [-0.05, 0) is 36.2 Å². The molecule has 2 aromatic heterocycles. The molecule has 5 nitrogen and oxygen atoms in total. The predicted molar refractivity (Wildman–Crippen MR) is 83.5 cm³/mol. The lowest BCUT2D eigenvalue weighted by Gasteiger charge is -2.08. The number of hydrogen-bond acceptors (Lipinski definition) is 3. The summed E-state index contributed by atoms with van der Waals surface area (Å²) in [6.45, 7) is 1.78. The van der Waals surface area contributed by atoms with Crippen molar-refractivity contribution in [1.82, 2.24) is 9.88 Å². The Hall–Kier alpha value is -2.89. The molecule has 0 bridgehead atoms. The zero-order chi connectivity index (χ0) is 16.4. The van der Waals surface area contributed by atoms with Gasteiger partial charge in [-0.3, -0.25) is 9.59 Å². The highest BCUT2D eigenvalue weighted by Crippen LogP contribution is 2.10. The van der Waals surface area contributed by atoms with Crippen LogP contribution in [0.1, 0.15) is 11.1 Å². The number of aromatic nitrogens is 1. The van der Waals surface area contributed by atoms with Crippen LogP contribution in [-0.2, 0) is 17.9 Å². The monoisotopic (exact) mass is 314 g/mol. The Morgan fingerprint density at radius 2 is 2.13 bits per heavy atom. The summed E-state index contributed by atoms with van der Waals surface area (Å²) in [4.78, 5) is 24.1. The van der Waals surface area contributed by atoms with Crippen molar-refractivity contribution in [2.45, 2.75) is 20.0 Å². The van der Waals surface area contributed by atoms with Gasteiger partial charge in [-0.15, -0.1) is 0 Å². The van der Waals surface area contributed by atoms with Crippen molar-refractivity contribution in [3.8, 4) is 0 Å². The van der Waals surface area contributed by atoms with Crippen LogP contribution in [0.5, 0.6) is 0 Å². The quantitative estimate of drug-likeness (QED) is 0.804. The Kier molecular flexibility index (Phi) is 3.97. The Morgan fingerprint density at radius 1 is 1.30 bits per heavy atom. The third-order valence-corrected chi connectivity index (χ3v) is 3.63. The number of nitrogens with zero attached hydrogens (tertiary/aromatic N) is 1. The van der Waals surface area contributed by atoms with E-state index < -0.39 is 0 Å². The number of fused-ring (bicyclic) bond motifs is 1. The van der Waals surface area contributed by atoms with Gasteiger partial charge in [-0.1, -0.05) is 12.1 Å². The molecule has 1 aromatic carbocycles. The van der Waals surface area contributed by atoms with E-state index in [2.05, 4.69) is 5.32 Å². The third kappa shape index (κ3) is 3.15. The number of rotatable bonds is 4. The number of amides is 1. The highest BCUT2D eigenvalue weighted by atomic mass is 19.1. The summed E-state index contributed by atoms with van der Waals surface area (Å²) >= 11 is 0. The van der Waals surface area contributed by atoms with Crippen LogP contribution in [0, 0.1) is 12.7 Å². The summed E-state index contributed by atoms with van der Waals surface area (Å²) < 4.78 is 19.9. The molecule has 0 aliphatic heterocycles. The van der Waals surface area contributed by atoms with Gasteiger partial charge in [0.05, 0.1) is 11.6 Å². The highest BCUT2D eigenvalue weighted by molar-refractivity contribution is 5.78. The number of pyridine rings is 1. The molecule has 3 rings (SSSR count). The summed E-state index contributed by atoms with van der Waals surface area (Å²) in [5.41, 5.74) is 1.42. The van der Waals surface area contributed by atoms with Crippen LogP contribution in [0.4, 0.5) is 4.39 Å². The lowest BCUT2D eigenvalue weighted by atomic mass is 10.1. The molecule has 0 aliphatic rings. The van der Waals surface area contributed by atoms with E-state index >= 15 is 0 Å². The topological polar surface area (TPSA) is 64.2 Å². The zero-order valence-corrected chi connectivity index (χ0v) is 12.5. The van der Waals surface area contributed by atoms with Crippen LogP contribution in [0.2, 0.25) is 0 Å². The number of aryl methyl sites for hydroxylation is 1. The molecule has 0 saturated carbocycles. The molecule has 0 aliphatic carbocycles. The van der Waals surface area contributed by atoms with Crippen molar-refractivity contribution in [1.29, 1.82) is 0 Å². The molecule has 3 aromatic rings. The summed E-state index contributed by atoms with van der Waals surface area (Å²) in [7, 11) is 0. The van der Waals surface area contributed by atoms with E-state index in [0.29, 0.717) is 22.1 Å². The fraction of sp³-hybridized carbons (Fsp3) is 0.176. The average molecular weight is 314 g/mol. The maximum atomic E-state index is 13.5. The largest absolute Gasteiger partial charge is 0.464 e. The Bertz CT molecular complexity index is 927. The van der Waals surface area contributed by atoms with Crippen molar-refractivity contribution < 1.29 is 13.6 Å². The first kappa shape index (κ1) is 15.0. The van der Waals surface area contributed by atoms with Crippen LogP contribution >= 0.6 is 0 Å². The zero-order valence-electron chi connectivity index (χ0n) is 12.5. The van der Waals surface area contributed by atoms with Gasteiger partial charge in [0.1, 0.15) is 17.9 Å². The molecule has 1 amide bonds. The summed E-state index contributed by atoms with van der Waals surface area (Å²) in [5, 5.41) is 3.11. The number of nitrogens with one attached hydrogen (secondary N) is 1. The minimum absolute atomic E-state index is 0.103. The van der Waals surface area contributed by atoms with Gasteiger partial charge in [0.25, 0.3) is 5.56 Å². The van der Waals surface area contributed by atoms with Gasteiger partial charge in [0, 0.05) is 12.7 Å². The minimum atomic E-state index is -0.323. The average Bonchev–Trinajstić information content (AvgIpc) is 3.01. The predicted octanol–water partition coefficient (Wildman–Crippen LogP) is 2.36. The summed E-state index contributed by atoms with van der Waals surface area (Å²) in [6.07, 6.45) is 2.95. The Labute approximate surface area is 131 Å². The maximum Gasteiger partial charge on any atom is 0.262 e. The van der Waals surface area contributed by atoms with E-state index in [0.717, 1.165) is 0 Å². The second kappa shape index (κ2) is 6.08. The van der Waals surface area contributed by atoms with Crippen LogP contribution in [0.15, 0.2) is 52.0 Å². The maximum absolute atomic E-state index is 13.5. The number of halogens is 1. The molecule has 0 fully saturated rings. The second-order valence-corrected chi connectivity index (χ2v) is 5.31. The molecule has 0 spiro atoms. The van der Waals surface area contributed by atoms with Crippen LogP contribution in [0.3, 0.4) is 0 Å². The number of hydrogen-bond donors (Lipinski definition) is 1. The van der Waals surface area contributed by atoms with Gasteiger partial charge in [0.2, 0.25) is 5.91 Å². The molecule has 2 heterocycles. The lowest BCUT2D eigenvalue weighted by Crippen LogP contribution is -2.31. The molecule has 0 unspecified atom stereocenters. The standard InChI is InChI=1S/C17H15FN2O3/c1-11-2-3-12(8-14(11)18)9-19-16(21)10-20-6-4-15-13(17(20)22)5-7-23-15/h2-8H,9-10H2,1H3,(H,19,21). The third-order valence-electron chi connectivity index (χ3n) is 3.63. The number of carbonyl (C=O) groups excluding carboxylic acids is 1. The van der Waals surface area contributed by atoms with E-state index in [1.807, 2.05) is 0 Å². The SMILES string of the molecule is Cc1ccc(CNC(=O)Cn2ccc3occc3c2=O)cc1F. The molecule has 6 heteroatoms. The molecule has 1 N–H and O–H groups in total. The van der Waals surface area contributed by atoms with Gasteiger partial charge < -0.3 is 14.3 Å². The lowest BCUT2D eigenvalue weighted by molar-refractivity contribution is -0.121. The fourth-order valence-corrected chi connectivity index (χ4v) is 2.29. The van der Waals surface area contributed by atoms with E-state index in [9.17, 15) is 14.0 Å². The van der Waals surface area contributed by atoms with Crippen LogP contribution in [-0.4, -0.2) is 10.5 Å². The normalized spacial score (nSPS) is 10.9. The number of benzene rings is 1. The Morgan fingerprint density at radius 3 is 2.91 bits per heavy atom. The highest BCUT2D eigenvalue weighted by Gasteiger charge is 2.09. The van der Waals surface area contributed by atoms with Crippen molar-refractivity contribution >= 4 is 16.9 Å². The second-order valence-electron chi connectivity index (χ2n) is 5.31. The van der Waals surface area contributed by atoms with Crippen molar-refractivity contribution in [3.05, 3.63) is 70.1 Å². The van der Waals surface area contributed by atoms with Crippen molar-refractivity contribution in [2.24, 2.45) is 0 Å². The number of furan rings is 1.